The van der Waals surface area contributed by atoms with E-state index in [0.29, 0.717) is 17.3 Å². The average Bonchev–Trinajstić information content (AvgIpc) is 2.62. The third-order valence-electron chi connectivity index (χ3n) is 4.28. The highest BCUT2D eigenvalue weighted by atomic mass is 35.5. The highest BCUT2D eigenvalue weighted by molar-refractivity contribution is 6.32. The Bertz CT molecular complexity index is 691. The Balaban J connectivity index is 1.43. The van der Waals surface area contributed by atoms with Gasteiger partial charge in [-0.1, -0.05) is 41.4 Å². The molecular formula is C19H22Cl2N2O2. The summed E-state index contributed by atoms with van der Waals surface area (Å²) in [6.07, 6.45) is -0.547. The first-order chi connectivity index (χ1) is 12.1. The molecule has 0 spiro atoms. The molecule has 0 saturated carbocycles. The first-order valence-corrected chi connectivity index (χ1v) is 9.15. The van der Waals surface area contributed by atoms with Crippen molar-refractivity contribution in [3.05, 3.63) is 58.6 Å². The molecule has 0 radical (unpaired) electrons. The normalized spacial score (nSPS) is 16.7. The molecule has 0 aliphatic carbocycles. The standard InChI is InChI=1S/C19H22Cl2N2O2/c20-15-4-3-5-16(12-15)23-10-8-22(9-11-23)13-17(24)14-25-19-7-2-1-6-18(19)21/h1-7,12,17,24H,8-11,13-14H2/t17-/m1/s1. The fourth-order valence-electron chi connectivity index (χ4n) is 2.96. The molecule has 1 fully saturated rings. The van der Waals surface area contributed by atoms with Gasteiger partial charge in [0.15, 0.2) is 0 Å². The van der Waals surface area contributed by atoms with Gasteiger partial charge in [0.1, 0.15) is 18.5 Å². The van der Waals surface area contributed by atoms with Gasteiger partial charge in [0, 0.05) is 43.4 Å². The van der Waals surface area contributed by atoms with Crippen LogP contribution in [-0.4, -0.2) is 55.4 Å². The zero-order valence-corrected chi connectivity index (χ0v) is 15.5. The second-order valence-corrected chi connectivity index (χ2v) is 7.01. The summed E-state index contributed by atoms with van der Waals surface area (Å²) in [7, 11) is 0. The number of hydrogen-bond donors (Lipinski definition) is 1. The molecule has 2 aromatic rings. The van der Waals surface area contributed by atoms with E-state index in [4.69, 9.17) is 27.9 Å². The third kappa shape index (κ3) is 5.25. The maximum absolute atomic E-state index is 10.2. The van der Waals surface area contributed by atoms with Crippen molar-refractivity contribution in [2.24, 2.45) is 0 Å². The van der Waals surface area contributed by atoms with E-state index in [9.17, 15) is 5.11 Å². The van der Waals surface area contributed by atoms with Gasteiger partial charge in [0.2, 0.25) is 0 Å². The molecule has 25 heavy (non-hydrogen) atoms. The Morgan fingerprint density at radius 1 is 1.00 bits per heavy atom. The number of aliphatic hydroxyl groups excluding tert-OH is 1. The van der Waals surface area contributed by atoms with E-state index in [1.165, 1.54) is 0 Å². The minimum Gasteiger partial charge on any atom is -0.489 e. The Morgan fingerprint density at radius 2 is 1.76 bits per heavy atom. The number of halogens is 2. The Kier molecular flexibility index (Phi) is 6.43. The van der Waals surface area contributed by atoms with Gasteiger partial charge in [-0.2, -0.15) is 0 Å². The van der Waals surface area contributed by atoms with E-state index in [1.54, 1.807) is 12.1 Å². The molecule has 4 nitrogen and oxygen atoms in total. The van der Waals surface area contributed by atoms with Crippen LogP contribution >= 0.6 is 23.2 Å². The summed E-state index contributed by atoms with van der Waals surface area (Å²) in [6.45, 7) is 4.45. The monoisotopic (exact) mass is 380 g/mol. The van der Waals surface area contributed by atoms with Crippen molar-refractivity contribution >= 4 is 28.9 Å². The fraction of sp³-hybridized carbons (Fsp3) is 0.368. The lowest BCUT2D eigenvalue weighted by Crippen LogP contribution is -2.49. The zero-order valence-electron chi connectivity index (χ0n) is 13.9. The van der Waals surface area contributed by atoms with Crippen molar-refractivity contribution in [2.75, 3.05) is 44.2 Å². The molecule has 6 heteroatoms. The van der Waals surface area contributed by atoms with E-state index in [2.05, 4.69) is 15.9 Å². The van der Waals surface area contributed by atoms with Gasteiger partial charge in [-0.25, -0.2) is 0 Å². The second kappa shape index (κ2) is 8.77. The van der Waals surface area contributed by atoms with Crippen LogP contribution in [0.5, 0.6) is 5.75 Å². The summed E-state index contributed by atoms with van der Waals surface area (Å²) >= 11 is 12.1. The van der Waals surface area contributed by atoms with Crippen LogP contribution in [-0.2, 0) is 0 Å². The maximum atomic E-state index is 10.2. The highest BCUT2D eigenvalue weighted by Crippen LogP contribution is 2.23. The van der Waals surface area contributed by atoms with Crippen molar-refractivity contribution in [3.63, 3.8) is 0 Å². The third-order valence-corrected chi connectivity index (χ3v) is 4.83. The lowest BCUT2D eigenvalue weighted by Gasteiger charge is -2.36. The summed E-state index contributed by atoms with van der Waals surface area (Å²) in [5.74, 6) is 0.606. The van der Waals surface area contributed by atoms with Gasteiger partial charge in [-0.15, -0.1) is 0 Å². The van der Waals surface area contributed by atoms with E-state index < -0.39 is 6.10 Å². The topological polar surface area (TPSA) is 35.9 Å². The predicted octanol–water partition coefficient (Wildman–Crippen LogP) is 3.56. The molecule has 0 aromatic heterocycles. The predicted molar refractivity (Wildman–Crippen MR) is 103 cm³/mol. The first-order valence-electron chi connectivity index (χ1n) is 8.40. The number of ether oxygens (including phenoxy) is 1. The lowest BCUT2D eigenvalue weighted by molar-refractivity contribution is 0.0663. The van der Waals surface area contributed by atoms with Crippen LogP contribution in [0.15, 0.2) is 48.5 Å². The average molecular weight is 381 g/mol. The molecule has 1 N–H and O–H groups in total. The number of rotatable bonds is 6. The van der Waals surface area contributed by atoms with Crippen molar-refractivity contribution in [1.29, 1.82) is 0 Å². The summed E-state index contributed by atoms with van der Waals surface area (Å²) in [6, 6.07) is 15.2. The minimum atomic E-state index is -0.547. The van der Waals surface area contributed by atoms with Crippen molar-refractivity contribution < 1.29 is 9.84 Å². The van der Waals surface area contributed by atoms with E-state index >= 15 is 0 Å². The van der Waals surface area contributed by atoms with Crippen LogP contribution in [0.1, 0.15) is 0 Å². The number of nitrogens with zero attached hydrogens (tertiary/aromatic N) is 2. The molecule has 1 saturated heterocycles. The van der Waals surface area contributed by atoms with Crippen LogP contribution in [0.2, 0.25) is 10.0 Å². The van der Waals surface area contributed by atoms with Gasteiger partial charge in [-0.3, -0.25) is 4.90 Å². The SMILES string of the molecule is O[C@@H](COc1ccccc1Cl)CN1CCN(c2cccc(Cl)c2)CC1. The van der Waals surface area contributed by atoms with Gasteiger partial charge >= 0.3 is 0 Å². The number of piperazine rings is 1. The Labute approximate surface area is 158 Å². The molecule has 0 amide bonds. The van der Waals surface area contributed by atoms with Gasteiger partial charge in [-0.05, 0) is 30.3 Å². The number of benzene rings is 2. The summed E-state index contributed by atoms with van der Waals surface area (Å²) in [5.41, 5.74) is 1.15. The fourth-order valence-corrected chi connectivity index (χ4v) is 3.33. The van der Waals surface area contributed by atoms with Crippen LogP contribution < -0.4 is 9.64 Å². The minimum absolute atomic E-state index is 0.234. The van der Waals surface area contributed by atoms with Crippen molar-refractivity contribution in [3.8, 4) is 5.75 Å². The number of anilines is 1. The number of para-hydroxylation sites is 1. The first kappa shape index (κ1) is 18.3. The van der Waals surface area contributed by atoms with Gasteiger partial charge < -0.3 is 14.7 Å². The van der Waals surface area contributed by atoms with E-state index in [-0.39, 0.29) is 6.61 Å². The van der Waals surface area contributed by atoms with Crippen LogP contribution in [0, 0.1) is 0 Å². The van der Waals surface area contributed by atoms with E-state index in [0.717, 1.165) is 36.9 Å². The van der Waals surface area contributed by atoms with Gasteiger partial charge in [0.05, 0.1) is 5.02 Å². The molecule has 1 heterocycles. The van der Waals surface area contributed by atoms with Gasteiger partial charge in [0.25, 0.3) is 0 Å². The lowest BCUT2D eigenvalue weighted by atomic mass is 10.2. The molecule has 2 aromatic carbocycles. The molecule has 0 unspecified atom stereocenters. The smallest absolute Gasteiger partial charge is 0.138 e. The molecule has 1 aliphatic heterocycles. The quantitative estimate of drug-likeness (QED) is 0.830. The number of hydrogen-bond acceptors (Lipinski definition) is 4. The summed E-state index contributed by atoms with van der Waals surface area (Å²) < 4.78 is 5.61. The van der Waals surface area contributed by atoms with Crippen LogP contribution in [0.25, 0.3) is 0 Å². The molecule has 3 rings (SSSR count). The van der Waals surface area contributed by atoms with Crippen LogP contribution in [0.4, 0.5) is 5.69 Å². The maximum Gasteiger partial charge on any atom is 0.138 e. The summed E-state index contributed by atoms with van der Waals surface area (Å²) in [5, 5.41) is 11.5. The van der Waals surface area contributed by atoms with Crippen LogP contribution in [0.3, 0.4) is 0 Å². The Morgan fingerprint density at radius 3 is 2.48 bits per heavy atom. The summed E-state index contributed by atoms with van der Waals surface area (Å²) in [4.78, 5) is 4.57. The number of aliphatic hydroxyl groups is 1. The molecule has 134 valence electrons. The molecule has 0 bridgehead atoms. The van der Waals surface area contributed by atoms with Crippen molar-refractivity contribution in [2.45, 2.75) is 6.10 Å². The molecule has 1 atom stereocenters. The van der Waals surface area contributed by atoms with Crippen molar-refractivity contribution in [1.82, 2.24) is 4.90 Å². The highest BCUT2D eigenvalue weighted by Gasteiger charge is 2.20. The van der Waals surface area contributed by atoms with E-state index in [1.807, 2.05) is 30.3 Å². The zero-order chi connectivity index (χ0) is 17.6. The molecule has 1 aliphatic rings. The second-order valence-electron chi connectivity index (χ2n) is 6.16. The largest absolute Gasteiger partial charge is 0.489 e. The number of β-amino-alcohol motifs (C(OH)–C–C–N with tert-alkyl or cyclic N) is 1. The Hall–Kier alpha value is -1.46. The molecular weight excluding hydrogens is 359 g/mol.